The van der Waals surface area contributed by atoms with E-state index >= 15 is 0 Å². The van der Waals surface area contributed by atoms with Crippen molar-refractivity contribution >= 4 is 17.9 Å². The van der Waals surface area contributed by atoms with Crippen LogP contribution in [0.5, 0.6) is 0 Å². The third kappa shape index (κ3) is 61.2. The maximum absolute atomic E-state index is 12.9. The average molecular weight is 1060 g/mol. The van der Waals surface area contributed by atoms with E-state index in [0.29, 0.717) is 19.3 Å². The molecule has 0 amide bonds. The highest BCUT2D eigenvalue weighted by atomic mass is 16.6. The van der Waals surface area contributed by atoms with E-state index < -0.39 is 6.10 Å². The zero-order chi connectivity index (χ0) is 55.0. The van der Waals surface area contributed by atoms with E-state index in [-0.39, 0.29) is 31.1 Å². The molecule has 0 heterocycles. The van der Waals surface area contributed by atoms with Gasteiger partial charge in [0.1, 0.15) is 13.2 Å². The van der Waals surface area contributed by atoms with E-state index in [1.165, 1.54) is 154 Å². The Morgan fingerprint density at radius 3 is 0.816 bits per heavy atom. The first-order valence-electron chi connectivity index (χ1n) is 32.2. The van der Waals surface area contributed by atoms with E-state index in [0.717, 1.165) is 116 Å². The molecular formula is C70H120O6. The zero-order valence-electron chi connectivity index (χ0n) is 50.0. The summed E-state index contributed by atoms with van der Waals surface area (Å²) in [5.74, 6) is -0.917. The Balaban J connectivity index is 4.42. The van der Waals surface area contributed by atoms with E-state index in [1.807, 2.05) is 0 Å². The van der Waals surface area contributed by atoms with Gasteiger partial charge in [-0.2, -0.15) is 0 Å². The number of allylic oxidation sites excluding steroid dienone is 16. The van der Waals surface area contributed by atoms with Crippen LogP contribution < -0.4 is 0 Å². The molecule has 1 atom stereocenters. The second-order valence-electron chi connectivity index (χ2n) is 21.3. The summed E-state index contributed by atoms with van der Waals surface area (Å²) < 4.78 is 16.9. The van der Waals surface area contributed by atoms with E-state index in [1.54, 1.807) is 0 Å². The normalized spacial score (nSPS) is 12.7. The SMILES string of the molecule is CC/C=C\C/C=C\C/C=C\C/C=C\CCCCCCC(=O)OCC(COC(=O)CCCCCCCCCC/C=C\C/C=C\C/C=C\CCCCCCC)OC(=O)CCCCCCCCC/C=C\CCCCCCCCC. The van der Waals surface area contributed by atoms with Crippen molar-refractivity contribution < 1.29 is 28.6 Å². The van der Waals surface area contributed by atoms with Gasteiger partial charge in [0.05, 0.1) is 0 Å². The van der Waals surface area contributed by atoms with Crippen molar-refractivity contribution in [2.75, 3.05) is 13.2 Å². The van der Waals surface area contributed by atoms with Crippen molar-refractivity contribution in [2.45, 2.75) is 316 Å². The molecule has 0 saturated carbocycles. The molecular weight excluding hydrogens is 937 g/mol. The second kappa shape index (κ2) is 63.9. The lowest BCUT2D eigenvalue weighted by Crippen LogP contribution is -2.30. The Labute approximate surface area is 470 Å². The summed E-state index contributed by atoms with van der Waals surface area (Å²) in [6, 6.07) is 0. The van der Waals surface area contributed by atoms with Gasteiger partial charge in [0, 0.05) is 19.3 Å². The van der Waals surface area contributed by atoms with E-state index in [2.05, 4.69) is 118 Å². The van der Waals surface area contributed by atoms with Crippen molar-refractivity contribution in [3.8, 4) is 0 Å². The van der Waals surface area contributed by atoms with E-state index in [4.69, 9.17) is 14.2 Å². The molecule has 0 N–H and O–H groups in total. The number of hydrogen-bond donors (Lipinski definition) is 0. The number of unbranched alkanes of at least 4 members (excludes halogenated alkanes) is 31. The van der Waals surface area contributed by atoms with Gasteiger partial charge in [0.2, 0.25) is 0 Å². The topological polar surface area (TPSA) is 78.9 Å². The highest BCUT2D eigenvalue weighted by Crippen LogP contribution is 2.15. The fourth-order valence-electron chi connectivity index (χ4n) is 8.97. The summed E-state index contributed by atoms with van der Waals surface area (Å²) in [5, 5.41) is 0. The first-order valence-corrected chi connectivity index (χ1v) is 32.2. The van der Waals surface area contributed by atoms with Crippen LogP contribution in [0.1, 0.15) is 310 Å². The molecule has 0 aliphatic rings. The van der Waals surface area contributed by atoms with Crippen molar-refractivity contribution in [1.82, 2.24) is 0 Å². The van der Waals surface area contributed by atoms with Crippen LogP contribution in [0.3, 0.4) is 0 Å². The highest BCUT2D eigenvalue weighted by Gasteiger charge is 2.19. The van der Waals surface area contributed by atoms with Crippen LogP contribution in [0, 0.1) is 0 Å². The predicted molar refractivity (Wildman–Crippen MR) is 330 cm³/mol. The van der Waals surface area contributed by atoms with Crippen molar-refractivity contribution in [3.63, 3.8) is 0 Å². The minimum atomic E-state index is -0.796. The van der Waals surface area contributed by atoms with Gasteiger partial charge in [-0.25, -0.2) is 0 Å². The number of carbonyl (C=O) groups excluding carboxylic acids is 3. The van der Waals surface area contributed by atoms with Gasteiger partial charge in [0.25, 0.3) is 0 Å². The van der Waals surface area contributed by atoms with Gasteiger partial charge >= 0.3 is 17.9 Å². The number of esters is 3. The number of rotatable bonds is 58. The first kappa shape index (κ1) is 72.3. The van der Waals surface area contributed by atoms with Crippen molar-refractivity contribution in [2.24, 2.45) is 0 Å². The van der Waals surface area contributed by atoms with Crippen LogP contribution in [0.2, 0.25) is 0 Å². The van der Waals surface area contributed by atoms with Gasteiger partial charge < -0.3 is 14.2 Å². The van der Waals surface area contributed by atoms with E-state index in [9.17, 15) is 14.4 Å². The lowest BCUT2D eigenvalue weighted by molar-refractivity contribution is -0.167. The molecule has 0 aromatic carbocycles. The fourth-order valence-corrected chi connectivity index (χ4v) is 8.97. The lowest BCUT2D eigenvalue weighted by Gasteiger charge is -2.18. The first-order chi connectivity index (χ1) is 37.5. The number of carbonyl (C=O) groups is 3. The Morgan fingerprint density at radius 2 is 0.513 bits per heavy atom. The van der Waals surface area contributed by atoms with Crippen LogP contribution in [-0.4, -0.2) is 37.2 Å². The average Bonchev–Trinajstić information content (AvgIpc) is 3.42. The summed E-state index contributed by atoms with van der Waals surface area (Å²) in [4.78, 5) is 38.3. The van der Waals surface area contributed by atoms with Crippen LogP contribution in [0.15, 0.2) is 97.2 Å². The van der Waals surface area contributed by atoms with Crippen molar-refractivity contribution in [1.29, 1.82) is 0 Å². The molecule has 0 radical (unpaired) electrons. The number of ether oxygens (including phenoxy) is 3. The van der Waals surface area contributed by atoms with Crippen molar-refractivity contribution in [3.05, 3.63) is 97.2 Å². The summed E-state index contributed by atoms with van der Waals surface area (Å²) in [6.07, 6.45) is 85.5. The largest absolute Gasteiger partial charge is 0.462 e. The number of hydrogen-bond acceptors (Lipinski definition) is 6. The summed E-state index contributed by atoms with van der Waals surface area (Å²) in [6.45, 7) is 6.51. The molecule has 6 heteroatoms. The molecule has 0 spiro atoms. The lowest BCUT2D eigenvalue weighted by atomic mass is 10.1. The molecule has 0 aromatic heterocycles. The van der Waals surface area contributed by atoms with Gasteiger partial charge in [-0.3, -0.25) is 14.4 Å². The minimum absolute atomic E-state index is 0.0910. The summed E-state index contributed by atoms with van der Waals surface area (Å²) >= 11 is 0. The van der Waals surface area contributed by atoms with Gasteiger partial charge in [0.15, 0.2) is 6.10 Å². The zero-order valence-corrected chi connectivity index (χ0v) is 50.0. The maximum Gasteiger partial charge on any atom is 0.306 e. The highest BCUT2D eigenvalue weighted by molar-refractivity contribution is 5.71. The van der Waals surface area contributed by atoms with Crippen LogP contribution in [0.25, 0.3) is 0 Å². The van der Waals surface area contributed by atoms with Gasteiger partial charge in [-0.05, 0) is 122 Å². The van der Waals surface area contributed by atoms with Gasteiger partial charge in [-0.15, -0.1) is 0 Å². The molecule has 436 valence electrons. The smallest absolute Gasteiger partial charge is 0.306 e. The third-order valence-electron chi connectivity index (χ3n) is 13.8. The monoisotopic (exact) mass is 1060 g/mol. The van der Waals surface area contributed by atoms with Crippen LogP contribution in [-0.2, 0) is 28.6 Å². The molecule has 1 unspecified atom stereocenters. The Hall–Kier alpha value is -3.67. The quantitative estimate of drug-likeness (QED) is 0.0261. The molecule has 0 saturated heterocycles. The maximum atomic E-state index is 12.9. The molecule has 0 aliphatic heterocycles. The second-order valence-corrected chi connectivity index (χ2v) is 21.3. The van der Waals surface area contributed by atoms with Crippen LogP contribution >= 0.6 is 0 Å². The third-order valence-corrected chi connectivity index (χ3v) is 13.8. The molecule has 76 heavy (non-hydrogen) atoms. The Bertz CT molecular complexity index is 1490. The Kier molecular flexibility index (Phi) is 60.8. The molecule has 6 nitrogen and oxygen atoms in total. The summed E-state index contributed by atoms with van der Waals surface area (Å²) in [5.41, 5.74) is 0. The van der Waals surface area contributed by atoms with Crippen LogP contribution in [0.4, 0.5) is 0 Å². The predicted octanol–water partition coefficient (Wildman–Crippen LogP) is 22.0. The molecule has 0 fully saturated rings. The standard InChI is InChI=1S/C70H120O6/c1-4-7-10-13-16-19-22-25-28-31-33-34-35-36-37-40-42-45-48-51-54-57-60-63-69(72)75-66-67(65-74-68(71)62-59-56-53-50-47-44-41-38-30-27-24-21-18-15-12-9-6-3)76-70(73)64-61-58-55-52-49-46-43-39-32-29-26-23-20-17-14-11-8-5-2/h9,12,18,21-22,25,27,29-33,35-36,41,44,67H,4-8,10-11,13-17,19-20,23-24,26,28,34,37-40,42-43,45-66H2,1-3H3/b12-9-,21-18-,25-22-,30-27-,32-29-,33-31-,36-35-,44-41-. The molecule has 0 aromatic rings. The molecule has 0 aliphatic carbocycles. The minimum Gasteiger partial charge on any atom is -0.462 e. The van der Waals surface area contributed by atoms with Gasteiger partial charge in [-0.1, -0.05) is 266 Å². The molecule has 0 rings (SSSR count). The summed E-state index contributed by atoms with van der Waals surface area (Å²) in [7, 11) is 0. The molecule has 0 bridgehead atoms. The Morgan fingerprint density at radius 1 is 0.276 bits per heavy atom. The fraction of sp³-hybridized carbons (Fsp3) is 0.729.